The van der Waals surface area contributed by atoms with E-state index in [2.05, 4.69) is 29.2 Å². The zero-order valence-corrected chi connectivity index (χ0v) is 12.5. The molecule has 1 saturated heterocycles. The molecule has 2 atom stereocenters. The van der Waals surface area contributed by atoms with E-state index < -0.39 is 0 Å². The van der Waals surface area contributed by atoms with Gasteiger partial charge in [-0.15, -0.1) is 12.4 Å². The Kier molecular flexibility index (Phi) is 5.06. The van der Waals surface area contributed by atoms with E-state index in [9.17, 15) is 4.79 Å². The molecule has 0 spiro atoms. The normalized spacial score (nSPS) is 25.9. The van der Waals surface area contributed by atoms with Gasteiger partial charge in [0.1, 0.15) is 0 Å². The van der Waals surface area contributed by atoms with Crippen molar-refractivity contribution in [1.82, 2.24) is 4.90 Å². The van der Waals surface area contributed by atoms with Crippen LogP contribution in [0.5, 0.6) is 0 Å². The molecule has 3 rings (SSSR count). The van der Waals surface area contributed by atoms with Crippen LogP contribution in [0.2, 0.25) is 0 Å². The topological polar surface area (TPSA) is 46.3 Å². The highest BCUT2D eigenvalue weighted by molar-refractivity contribution is 5.85. The van der Waals surface area contributed by atoms with Gasteiger partial charge in [-0.25, -0.2) is 0 Å². The van der Waals surface area contributed by atoms with Crippen LogP contribution in [0.25, 0.3) is 0 Å². The fourth-order valence-corrected chi connectivity index (χ4v) is 3.28. The Bertz CT molecular complexity index is 447. The Morgan fingerprint density at radius 1 is 1.20 bits per heavy atom. The molecule has 1 amide bonds. The molecule has 1 saturated carbocycles. The van der Waals surface area contributed by atoms with E-state index in [-0.39, 0.29) is 12.4 Å². The van der Waals surface area contributed by atoms with Crippen molar-refractivity contribution in [3.05, 3.63) is 35.9 Å². The minimum atomic E-state index is 0. The number of rotatable bonds is 3. The maximum absolute atomic E-state index is 12.4. The van der Waals surface area contributed by atoms with Crippen LogP contribution >= 0.6 is 12.4 Å². The summed E-state index contributed by atoms with van der Waals surface area (Å²) in [6.45, 7) is 2.35. The standard InChI is InChI=1S/C16H22N2O.ClH/c17-9-14-10-18(16(19)13-7-4-8-13)11-15(14)12-5-2-1-3-6-12;/h1-3,5-6,13-15H,4,7-11,17H2;1H/t14-,15+;/m1./s1. The minimum Gasteiger partial charge on any atom is -0.341 e. The lowest BCUT2D eigenvalue weighted by molar-refractivity contribution is -0.137. The van der Waals surface area contributed by atoms with Crippen molar-refractivity contribution in [3.8, 4) is 0 Å². The van der Waals surface area contributed by atoms with Crippen molar-refractivity contribution in [2.75, 3.05) is 19.6 Å². The first kappa shape index (κ1) is 15.3. The highest BCUT2D eigenvalue weighted by Crippen LogP contribution is 2.35. The zero-order valence-electron chi connectivity index (χ0n) is 11.7. The Labute approximate surface area is 126 Å². The van der Waals surface area contributed by atoms with Gasteiger partial charge in [0, 0.05) is 24.9 Å². The van der Waals surface area contributed by atoms with Crippen LogP contribution in [-0.4, -0.2) is 30.4 Å². The Morgan fingerprint density at radius 2 is 1.90 bits per heavy atom. The van der Waals surface area contributed by atoms with E-state index in [4.69, 9.17) is 5.73 Å². The lowest BCUT2D eigenvalue weighted by atomic mass is 9.84. The van der Waals surface area contributed by atoms with Gasteiger partial charge in [0.15, 0.2) is 0 Å². The van der Waals surface area contributed by atoms with Crippen LogP contribution in [0.3, 0.4) is 0 Å². The molecule has 1 aliphatic carbocycles. The summed E-state index contributed by atoms with van der Waals surface area (Å²) in [5, 5.41) is 0. The molecule has 3 nitrogen and oxygen atoms in total. The molecule has 1 heterocycles. The second-order valence-corrected chi connectivity index (χ2v) is 5.88. The summed E-state index contributed by atoms with van der Waals surface area (Å²) < 4.78 is 0. The fourth-order valence-electron chi connectivity index (χ4n) is 3.28. The summed E-state index contributed by atoms with van der Waals surface area (Å²) >= 11 is 0. The van der Waals surface area contributed by atoms with Crippen LogP contribution in [0.15, 0.2) is 30.3 Å². The third kappa shape index (κ3) is 2.84. The van der Waals surface area contributed by atoms with Crippen molar-refractivity contribution in [1.29, 1.82) is 0 Å². The quantitative estimate of drug-likeness (QED) is 0.930. The summed E-state index contributed by atoms with van der Waals surface area (Å²) in [7, 11) is 0. The zero-order chi connectivity index (χ0) is 13.2. The van der Waals surface area contributed by atoms with Crippen LogP contribution < -0.4 is 5.73 Å². The molecular formula is C16H23ClN2O. The molecule has 0 radical (unpaired) electrons. The number of nitrogens with zero attached hydrogens (tertiary/aromatic N) is 1. The van der Waals surface area contributed by atoms with Crippen molar-refractivity contribution in [2.24, 2.45) is 17.6 Å². The molecule has 4 heteroatoms. The van der Waals surface area contributed by atoms with E-state index in [0.717, 1.165) is 25.9 Å². The molecule has 110 valence electrons. The maximum Gasteiger partial charge on any atom is 0.225 e. The molecule has 1 aromatic carbocycles. The average Bonchev–Trinajstić information content (AvgIpc) is 2.82. The van der Waals surface area contributed by atoms with Crippen molar-refractivity contribution < 1.29 is 4.79 Å². The number of likely N-dealkylation sites (tertiary alicyclic amines) is 1. The lowest BCUT2D eigenvalue weighted by Gasteiger charge is -2.29. The van der Waals surface area contributed by atoms with Gasteiger partial charge in [-0.1, -0.05) is 36.8 Å². The largest absolute Gasteiger partial charge is 0.341 e. The summed E-state index contributed by atoms with van der Waals surface area (Å²) in [6.07, 6.45) is 3.38. The van der Waals surface area contributed by atoms with Gasteiger partial charge in [0.05, 0.1) is 0 Å². The molecule has 1 aromatic rings. The molecule has 0 bridgehead atoms. The van der Waals surface area contributed by atoms with E-state index in [1.807, 2.05) is 6.07 Å². The number of hydrogen-bond acceptors (Lipinski definition) is 2. The molecule has 0 unspecified atom stereocenters. The van der Waals surface area contributed by atoms with Gasteiger partial charge in [0.25, 0.3) is 0 Å². The lowest BCUT2D eigenvalue weighted by Crippen LogP contribution is -2.37. The summed E-state index contributed by atoms with van der Waals surface area (Å²) in [4.78, 5) is 14.4. The molecule has 2 aliphatic rings. The Hall–Kier alpha value is -1.06. The number of amides is 1. The number of carbonyl (C=O) groups is 1. The summed E-state index contributed by atoms with van der Waals surface area (Å²) in [5.74, 6) is 1.48. The summed E-state index contributed by atoms with van der Waals surface area (Å²) in [5.41, 5.74) is 7.23. The highest BCUT2D eigenvalue weighted by Gasteiger charge is 2.38. The predicted molar refractivity (Wildman–Crippen MR) is 82.9 cm³/mol. The molecule has 0 aromatic heterocycles. The second kappa shape index (κ2) is 6.59. The van der Waals surface area contributed by atoms with E-state index in [1.165, 1.54) is 12.0 Å². The van der Waals surface area contributed by atoms with Crippen molar-refractivity contribution in [3.63, 3.8) is 0 Å². The highest BCUT2D eigenvalue weighted by atomic mass is 35.5. The van der Waals surface area contributed by atoms with E-state index in [0.29, 0.717) is 30.2 Å². The number of nitrogens with two attached hydrogens (primary N) is 1. The molecule has 20 heavy (non-hydrogen) atoms. The average molecular weight is 295 g/mol. The predicted octanol–water partition coefficient (Wildman–Crippen LogP) is 2.41. The monoisotopic (exact) mass is 294 g/mol. The first-order valence-electron chi connectivity index (χ1n) is 7.33. The number of carbonyl (C=O) groups excluding carboxylic acids is 1. The van der Waals surface area contributed by atoms with E-state index >= 15 is 0 Å². The van der Waals surface area contributed by atoms with Gasteiger partial charge in [-0.05, 0) is 30.9 Å². The Morgan fingerprint density at radius 3 is 2.45 bits per heavy atom. The van der Waals surface area contributed by atoms with Crippen molar-refractivity contribution in [2.45, 2.75) is 25.2 Å². The van der Waals surface area contributed by atoms with Gasteiger partial charge in [0.2, 0.25) is 5.91 Å². The maximum atomic E-state index is 12.4. The van der Waals surface area contributed by atoms with Crippen molar-refractivity contribution >= 4 is 18.3 Å². The van der Waals surface area contributed by atoms with Gasteiger partial charge in [-0.3, -0.25) is 4.79 Å². The third-order valence-corrected chi connectivity index (χ3v) is 4.74. The Balaban J connectivity index is 0.00000147. The first-order valence-corrected chi connectivity index (χ1v) is 7.33. The molecular weight excluding hydrogens is 272 g/mol. The summed E-state index contributed by atoms with van der Waals surface area (Å²) in [6, 6.07) is 10.5. The van der Waals surface area contributed by atoms with Crippen LogP contribution in [0.4, 0.5) is 0 Å². The van der Waals surface area contributed by atoms with E-state index in [1.54, 1.807) is 0 Å². The third-order valence-electron chi connectivity index (χ3n) is 4.74. The van der Waals surface area contributed by atoms with Crippen LogP contribution in [0, 0.1) is 11.8 Å². The smallest absolute Gasteiger partial charge is 0.225 e. The van der Waals surface area contributed by atoms with Gasteiger partial charge in [-0.2, -0.15) is 0 Å². The van der Waals surface area contributed by atoms with Gasteiger partial charge < -0.3 is 10.6 Å². The number of benzene rings is 1. The van der Waals surface area contributed by atoms with Crippen LogP contribution in [-0.2, 0) is 4.79 Å². The molecule has 1 aliphatic heterocycles. The fraction of sp³-hybridized carbons (Fsp3) is 0.562. The number of hydrogen-bond donors (Lipinski definition) is 1. The number of halogens is 1. The van der Waals surface area contributed by atoms with Crippen LogP contribution in [0.1, 0.15) is 30.7 Å². The molecule has 2 N–H and O–H groups in total. The first-order chi connectivity index (χ1) is 9.29. The molecule has 2 fully saturated rings. The van der Waals surface area contributed by atoms with Gasteiger partial charge >= 0.3 is 0 Å². The minimum absolute atomic E-state index is 0. The SMILES string of the molecule is Cl.NC[C@@H]1CN(C(=O)C2CCC2)C[C@H]1c1ccccc1. The second-order valence-electron chi connectivity index (χ2n) is 5.88.